The molecule has 2 N–H and O–H groups in total. The predicted molar refractivity (Wildman–Crippen MR) is 74.3 cm³/mol. The first-order chi connectivity index (χ1) is 9.62. The van der Waals surface area contributed by atoms with E-state index < -0.39 is 0 Å². The van der Waals surface area contributed by atoms with Gasteiger partial charge in [-0.05, 0) is 17.7 Å². The molecule has 1 aromatic carbocycles. The van der Waals surface area contributed by atoms with E-state index in [2.05, 4.69) is 5.32 Å². The Bertz CT molecular complexity index is 453. The summed E-state index contributed by atoms with van der Waals surface area (Å²) < 4.78 is 15.3. The third-order valence-electron chi connectivity index (χ3n) is 2.45. The average molecular weight is 304 g/mol. The third kappa shape index (κ3) is 4.88. The lowest BCUT2D eigenvalue weighted by molar-refractivity contribution is -0.123. The number of aliphatic hydroxyl groups excluding tert-OH is 1. The average Bonchev–Trinajstić information content (AvgIpc) is 2.45. The molecule has 0 radical (unpaired) electrons. The topological polar surface area (TPSA) is 77.0 Å². The Labute approximate surface area is 122 Å². The number of carbonyl (C=O) groups is 1. The maximum Gasteiger partial charge on any atom is 0.258 e. The molecular weight excluding hydrogens is 286 g/mol. The number of aliphatic hydroxyl groups is 1. The summed E-state index contributed by atoms with van der Waals surface area (Å²) >= 11 is 6.03. The van der Waals surface area contributed by atoms with Gasteiger partial charge >= 0.3 is 0 Å². The van der Waals surface area contributed by atoms with Gasteiger partial charge in [-0.25, -0.2) is 0 Å². The SMILES string of the molecule is COCCNC(=O)COc1c(Cl)cc(CO)cc1OC. The van der Waals surface area contributed by atoms with Gasteiger partial charge in [-0.1, -0.05) is 11.6 Å². The molecule has 1 aromatic rings. The molecule has 0 unspecified atom stereocenters. The van der Waals surface area contributed by atoms with Crippen molar-refractivity contribution in [1.82, 2.24) is 5.32 Å². The fourth-order valence-electron chi connectivity index (χ4n) is 1.49. The normalized spacial score (nSPS) is 10.2. The maximum absolute atomic E-state index is 11.5. The predicted octanol–water partition coefficient (Wildman–Crippen LogP) is 0.982. The van der Waals surface area contributed by atoms with Gasteiger partial charge in [-0.2, -0.15) is 0 Å². The van der Waals surface area contributed by atoms with E-state index in [1.54, 1.807) is 19.2 Å². The van der Waals surface area contributed by atoms with E-state index in [0.29, 0.717) is 24.5 Å². The van der Waals surface area contributed by atoms with Gasteiger partial charge in [0.25, 0.3) is 5.91 Å². The Morgan fingerprint density at radius 1 is 1.40 bits per heavy atom. The van der Waals surface area contributed by atoms with Gasteiger partial charge in [0.2, 0.25) is 0 Å². The van der Waals surface area contributed by atoms with E-state index in [9.17, 15) is 4.79 Å². The molecule has 0 saturated heterocycles. The van der Waals surface area contributed by atoms with E-state index in [0.717, 1.165) is 0 Å². The highest BCUT2D eigenvalue weighted by Gasteiger charge is 2.13. The Morgan fingerprint density at radius 3 is 2.75 bits per heavy atom. The lowest BCUT2D eigenvalue weighted by Crippen LogP contribution is -2.31. The number of hydrogen-bond acceptors (Lipinski definition) is 5. The molecule has 20 heavy (non-hydrogen) atoms. The zero-order valence-electron chi connectivity index (χ0n) is 11.4. The van der Waals surface area contributed by atoms with Crippen LogP contribution in [0.3, 0.4) is 0 Å². The summed E-state index contributed by atoms with van der Waals surface area (Å²) in [5.74, 6) is 0.353. The summed E-state index contributed by atoms with van der Waals surface area (Å²) in [4.78, 5) is 11.5. The highest BCUT2D eigenvalue weighted by Crippen LogP contribution is 2.36. The minimum atomic E-state index is -0.286. The fourth-order valence-corrected chi connectivity index (χ4v) is 1.77. The van der Waals surface area contributed by atoms with Gasteiger partial charge < -0.3 is 24.6 Å². The first-order valence-electron chi connectivity index (χ1n) is 5.98. The third-order valence-corrected chi connectivity index (χ3v) is 2.73. The van der Waals surface area contributed by atoms with Gasteiger partial charge in [0.15, 0.2) is 18.1 Å². The number of nitrogens with one attached hydrogen (secondary N) is 1. The van der Waals surface area contributed by atoms with Gasteiger partial charge in [0.1, 0.15) is 0 Å². The van der Waals surface area contributed by atoms with Crippen LogP contribution in [-0.2, 0) is 16.1 Å². The molecule has 1 amide bonds. The maximum atomic E-state index is 11.5. The van der Waals surface area contributed by atoms with Crippen LogP contribution in [0.5, 0.6) is 11.5 Å². The van der Waals surface area contributed by atoms with E-state index in [1.165, 1.54) is 7.11 Å². The molecule has 0 aliphatic carbocycles. The highest BCUT2D eigenvalue weighted by molar-refractivity contribution is 6.32. The summed E-state index contributed by atoms with van der Waals surface area (Å²) in [5.41, 5.74) is 0.601. The second-order valence-electron chi connectivity index (χ2n) is 3.90. The number of methoxy groups -OCH3 is 2. The molecule has 0 heterocycles. The molecule has 0 aliphatic heterocycles. The number of ether oxygens (including phenoxy) is 3. The molecule has 0 aromatic heterocycles. The molecular formula is C13H18ClNO5. The molecule has 0 fully saturated rings. The van der Waals surface area contributed by atoms with Crippen molar-refractivity contribution in [2.24, 2.45) is 0 Å². The fraction of sp³-hybridized carbons (Fsp3) is 0.462. The molecule has 0 atom stereocenters. The largest absolute Gasteiger partial charge is 0.493 e. The van der Waals surface area contributed by atoms with Crippen molar-refractivity contribution >= 4 is 17.5 Å². The smallest absolute Gasteiger partial charge is 0.258 e. The Kier molecular flexibility index (Phi) is 7.14. The summed E-state index contributed by atoms with van der Waals surface area (Å²) in [6, 6.07) is 3.16. The van der Waals surface area contributed by atoms with Crippen LogP contribution in [0.2, 0.25) is 5.02 Å². The van der Waals surface area contributed by atoms with E-state index in [-0.39, 0.29) is 29.9 Å². The van der Waals surface area contributed by atoms with Crippen LogP contribution in [0.15, 0.2) is 12.1 Å². The van der Waals surface area contributed by atoms with Gasteiger partial charge in [0.05, 0.1) is 25.3 Å². The van der Waals surface area contributed by atoms with Crippen molar-refractivity contribution in [3.8, 4) is 11.5 Å². The van der Waals surface area contributed by atoms with E-state index >= 15 is 0 Å². The summed E-state index contributed by atoms with van der Waals surface area (Å²) in [6.45, 7) is 0.500. The zero-order chi connectivity index (χ0) is 15.0. The molecule has 0 saturated carbocycles. The van der Waals surface area contributed by atoms with Crippen molar-refractivity contribution in [2.45, 2.75) is 6.61 Å². The van der Waals surface area contributed by atoms with Gasteiger partial charge in [-0.15, -0.1) is 0 Å². The molecule has 0 aliphatic rings. The molecule has 0 bridgehead atoms. The summed E-state index contributed by atoms with van der Waals surface area (Å²) in [7, 11) is 3.01. The summed E-state index contributed by atoms with van der Waals surface area (Å²) in [5, 5.41) is 12.0. The number of benzene rings is 1. The number of amides is 1. The first-order valence-corrected chi connectivity index (χ1v) is 6.35. The van der Waals surface area contributed by atoms with E-state index in [1.807, 2.05) is 0 Å². The van der Waals surface area contributed by atoms with Crippen LogP contribution in [0, 0.1) is 0 Å². The lowest BCUT2D eigenvalue weighted by Gasteiger charge is -2.13. The summed E-state index contributed by atoms with van der Waals surface area (Å²) in [6.07, 6.45) is 0. The van der Waals surface area contributed by atoms with Crippen LogP contribution < -0.4 is 14.8 Å². The zero-order valence-corrected chi connectivity index (χ0v) is 12.2. The van der Waals surface area contributed by atoms with Crippen LogP contribution >= 0.6 is 11.6 Å². The number of rotatable bonds is 8. The minimum Gasteiger partial charge on any atom is -0.493 e. The quantitative estimate of drug-likeness (QED) is 0.700. The molecule has 7 heteroatoms. The second kappa shape index (κ2) is 8.63. The van der Waals surface area contributed by atoms with Crippen LogP contribution in [0.1, 0.15) is 5.56 Å². The van der Waals surface area contributed by atoms with E-state index in [4.69, 9.17) is 30.9 Å². The monoisotopic (exact) mass is 303 g/mol. The van der Waals surface area contributed by atoms with Gasteiger partial charge in [-0.3, -0.25) is 4.79 Å². The number of carbonyl (C=O) groups excluding carboxylic acids is 1. The molecule has 1 rings (SSSR count). The Balaban J connectivity index is 2.65. The molecule has 0 spiro atoms. The van der Waals surface area contributed by atoms with Crippen molar-refractivity contribution in [3.63, 3.8) is 0 Å². The Morgan fingerprint density at radius 2 is 2.15 bits per heavy atom. The van der Waals surface area contributed by atoms with Crippen LogP contribution in [0.4, 0.5) is 0 Å². The number of halogens is 1. The van der Waals surface area contributed by atoms with Crippen molar-refractivity contribution in [2.75, 3.05) is 34.0 Å². The Hall–Kier alpha value is -1.50. The van der Waals surface area contributed by atoms with Crippen molar-refractivity contribution in [3.05, 3.63) is 22.7 Å². The first kappa shape index (κ1) is 16.6. The minimum absolute atomic E-state index is 0.159. The lowest BCUT2D eigenvalue weighted by atomic mass is 10.2. The van der Waals surface area contributed by atoms with Crippen LogP contribution in [0.25, 0.3) is 0 Å². The molecule has 6 nitrogen and oxygen atoms in total. The van der Waals surface area contributed by atoms with Crippen molar-refractivity contribution in [1.29, 1.82) is 0 Å². The molecule has 112 valence electrons. The highest BCUT2D eigenvalue weighted by atomic mass is 35.5. The standard InChI is InChI=1S/C13H18ClNO5/c1-18-4-3-15-12(17)8-20-13-10(14)5-9(7-16)6-11(13)19-2/h5-6,16H,3-4,7-8H2,1-2H3,(H,15,17). The number of hydrogen-bond donors (Lipinski definition) is 2. The second-order valence-corrected chi connectivity index (χ2v) is 4.31. The van der Waals surface area contributed by atoms with Crippen LogP contribution in [-0.4, -0.2) is 45.0 Å². The van der Waals surface area contributed by atoms with Crippen molar-refractivity contribution < 1.29 is 24.1 Å². The van der Waals surface area contributed by atoms with Gasteiger partial charge in [0, 0.05) is 13.7 Å².